The number of thiophene rings is 1. The topological polar surface area (TPSA) is 85.8 Å². The van der Waals surface area contributed by atoms with Crippen molar-refractivity contribution in [1.29, 1.82) is 0 Å². The van der Waals surface area contributed by atoms with E-state index in [2.05, 4.69) is 27.1 Å². The molecule has 2 rings (SSSR count). The highest BCUT2D eigenvalue weighted by Gasteiger charge is 2.11. The van der Waals surface area contributed by atoms with Gasteiger partial charge in [-0.2, -0.15) is 11.3 Å². The maximum Gasteiger partial charge on any atom is 0.244 e. The third-order valence-corrected chi connectivity index (χ3v) is 4.11. The van der Waals surface area contributed by atoms with Crippen LogP contribution in [-0.4, -0.2) is 26.4 Å². The van der Waals surface area contributed by atoms with Crippen molar-refractivity contribution in [2.24, 2.45) is 12.9 Å². The van der Waals surface area contributed by atoms with Crippen LogP contribution in [0.4, 0.5) is 0 Å². The number of nitrogens with zero attached hydrogens (tertiary/aromatic N) is 3. The fourth-order valence-corrected chi connectivity index (χ4v) is 2.78. The number of hydrazine groups is 1. The Kier molecular flexibility index (Phi) is 4.34. The zero-order valence-electron chi connectivity index (χ0n) is 9.79. The van der Waals surface area contributed by atoms with Crippen LogP contribution < -0.4 is 11.3 Å². The summed E-state index contributed by atoms with van der Waals surface area (Å²) >= 11 is 2.97. The van der Waals surface area contributed by atoms with Gasteiger partial charge in [0.2, 0.25) is 5.91 Å². The van der Waals surface area contributed by atoms with Gasteiger partial charge in [-0.3, -0.25) is 10.2 Å². The Morgan fingerprint density at radius 3 is 3.11 bits per heavy atom. The SMILES string of the molecule is Cn1c(Cc2ccsc2)nnc1SCC(=O)NN. The van der Waals surface area contributed by atoms with Crippen LogP contribution >= 0.6 is 23.1 Å². The summed E-state index contributed by atoms with van der Waals surface area (Å²) in [7, 11) is 1.89. The summed E-state index contributed by atoms with van der Waals surface area (Å²) in [4.78, 5) is 11.0. The standard InChI is InChI=1S/C10H13N5OS2/c1-15-8(4-7-2-3-17-5-7)13-14-10(15)18-6-9(16)12-11/h2-3,5H,4,6,11H2,1H3,(H,12,16). The highest BCUT2D eigenvalue weighted by Crippen LogP contribution is 2.17. The van der Waals surface area contributed by atoms with E-state index in [0.29, 0.717) is 5.16 Å². The van der Waals surface area contributed by atoms with E-state index in [9.17, 15) is 4.79 Å². The molecular weight excluding hydrogens is 270 g/mol. The molecule has 1 amide bonds. The van der Waals surface area contributed by atoms with Gasteiger partial charge in [-0.05, 0) is 22.4 Å². The molecule has 0 fully saturated rings. The average Bonchev–Trinajstić information content (AvgIpc) is 2.99. The molecule has 0 spiro atoms. The summed E-state index contributed by atoms with van der Waals surface area (Å²) in [5.41, 5.74) is 3.30. The summed E-state index contributed by atoms with van der Waals surface area (Å²) in [5.74, 6) is 5.90. The number of nitrogens with two attached hydrogens (primary N) is 1. The number of thioether (sulfide) groups is 1. The Morgan fingerprint density at radius 1 is 1.61 bits per heavy atom. The van der Waals surface area contributed by atoms with E-state index in [0.717, 1.165) is 12.2 Å². The van der Waals surface area contributed by atoms with Crippen LogP contribution in [0.3, 0.4) is 0 Å². The lowest BCUT2D eigenvalue weighted by atomic mass is 10.2. The minimum atomic E-state index is -0.234. The fraction of sp³-hybridized carbons (Fsp3) is 0.300. The number of carbonyl (C=O) groups excluding carboxylic acids is 1. The van der Waals surface area contributed by atoms with E-state index in [4.69, 9.17) is 5.84 Å². The molecule has 0 unspecified atom stereocenters. The zero-order valence-corrected chi connectivity index (χ0v) is 11.4. The second kappa shape index (κ2) is 5.98. The maximum atomic E-state index is 11.0. The number of hydrogen-bond donors (Lipinski definition) is 2. The van der Waals surface area contributed by atoms with Gasteiger partial charge in [-0.1, -0.05) is 11.8 Å². The summed E-state index contributed by atoms with van der Waals surface area (Å²) in [5, 5.41) is 13.0. The van der Waals surface area contributed by atoms with E-state index >= 15 is 0 Å². The first-order chi connectivity index (χ1) is 8.70. The maximum absolute atomic E-state index is 11.0. The van der Waals surface area contributed by atoms with Gasteiger partial charge in [0, 0.05) is 13.5 Å². The number of nitrogens with one attached hydrogen (secondary N) is 1. The predicted octanol–water partition coefficient (Wildman–Crippen LogP) is 0.549. The van der Waals surface area contributed by atoms with Crippen LogP contribution in [-0.2, 0) is 18.3 Å². The molecule has 18 heavy (non-hydrogen) atoms. The van der Waals surface area contributed by atoms with E-state index in [-0.39, 0.29) is 11.7 Å². The largest absolute Gasteiger partial charge is 0.309 e. The van der Waals surface area contributed by atoms with Gasteiger partial charge in [-0.15, -0.1) is 10.2 Å². The quantitative estimate of drug-likeness (QED) is 0.362. The van der Waals surface area contributed by atoms with E-state index in [1.165, 1.54) is 17.3 Å². The molecule has 96 valence electrons. The monoisotopic (exact) mass is 283 g/mol. The Bertz CT molecular complexity index is 522. The van der Waals surface area contributed by atoms with Gasteiger partial charge in [0.15, 0.2) is 5.16 Å². The van der Waals surface area contributed by atoms with Crippen LogP contribution in [0.15, 0.2) is 22.0 Å². The molecule has 6 nitrogen and oxygen atoms in total. The molecule has 0 radical (unpaired) electrons. The number of rotatable bonds is 5. The Hall–Kier alpha value is -1.38. The minimum Gasteiger partial charge on any atom is -0.309 e. The Morgan fingerprint density at radius 2 is 2.44 bits per heavy atom. The van der Waals surface area contributed by atoms with Crippen molar-refractivity contribution in [1.82, 2.24) is 20.2 Å². The van der Waals surface area contributed by atoms with Crippen molar-refractivity contribution in [3.63, 3.8) is 0 Å². The lowest BCUT2D eigenvalue weighted by Gasteiger charge is -2.02. The summed E-state index contributed by atoms with van der Waals surface area (Å²) in [6.07, 6.45) is 0.747. The molecule has 2 aromatic heterocycles. The molecule has 0 atom stereocenters. The molecule has 0 saturated heterocycles. The van der Waals surface area contributed by atoms with E-state index < -0.39 is 0 Å². The second-order valence-corrected chi connectivity index (χ2v) is 5.34. The van der Waals surface area contributed by atoms with Gasteiger partial charge in [-0.25, -0.2) is 5.84 Å². The van der Waals surface area contributed by atoms with Crippen LogP contribution in [0.25, 0.3) is 0 Å². The van der Waals surface area contributed by atoms with Gasteiger partial charge < -0.3 is 4.57 Å². The van der Waals surface area contributed by atoms with E-state index in [1.54, 1.807) is 11.3 Å². The molecule has 2 aromatic rings. The molecule has 0 aliphatic rings. The first-order valence-corrected chi connectivity index (χ1v) is 7.15. The molecule has 0 bridgehead atoms. The van der Waals surface area contributed by atoms with E-state index in [1.807, 2.05) is 17.0 Å². The molecule has 0 aliphatic heterocycles. The van der Waals surface area contributed by atoms with Gasteiger partial charge in [0.1, 0.15) is 5.82 Å². The Labute approximate surface area is 113 Å². The van der Waals surface area contributed by atoms with Crippen LogP contribution in [0.2, 0.25) is 0 Å². The molecular formula is C10H13N5OS2. The average molecular weight is 283 g/mol. The number of amides is 1. The van der Waals surface area contributed by atoms with Gasteiger partial charge in [0.25, 0.3) is 0 Å². The van der Waals surface area contributed by atoms with Crippen LogP contribution in [0.5, 0.6) is 0 Å². The molecule has 8 heteroatoms. The zero-order chi connectivity index (χ0) is 13.0. The molecule has 0 saturated carbocycles. The summed E-state index contributed by atoms with van der Waals surface area (Å²) < 4.78 is 1.89. The molecule has 2 heterocycles. The molecule has 3 N–H and O–H groups in total. The Balaban J connectivity index is 2.02. The smallest absolute Gasteiger partial charge is 0.244 e. The first kappa shape index (κ1) is 13.1. The molecule has 0 aromatic carbocycles. The third-order valence-electron chi connectivity index (χ3n) is 2.36. The van der Waals surface area contributed by atoms with Crippen molar-refractivity contribution in [2.75, 3.05) is 5.75 Å². The lowest BCUT2D eigenvalue weighted by molar-refractivity contribution is -0.118. The second-order valence-electron chi connectivity index (χ2n) is 3.62. The van der Waals surface area contributed by atoms with Crippen molar-refractivity contribution in [3.8, 4) is 0 Å². The predicted molar refractivity (Wildman–Crippen MR) is 71.2 cm³/mol. The normalized spacial score (nSPS) is 10.6. The summed E-state index contributed by atoms with van der Waals surface area (Å²) in [6, 6.07) is 2.06. The van der Waals surface area contributed by atoms with Crippen molar-refractivity contribution < 1.29 is 4.79 Å². The fourth-order valence-electron chi connectivity index (χ4n) is 1.37. The number of hydrogen-bond acceptors (Lipinski definition) is 6. The lowest BCUT2D eigenvalue weighted by Crippen LogP contribution is -2.31. The van der Waals surface area contributed by atoms with Crippen molar-refractivity contribution in [2.45, 2.75) is 11.6 Å². The van der Waals surface area contributed by atoms with Crippen LogP contribution in [0.1, 0.15) is 11.4 Å². The van der Waals surface area contributed by atoms with Gasteiger partial charge in [0.05, 0.1) is 5.75 Å². The minimum absolute atomic E-state index is 0.234. The highest BCUT2D eigenvalue weighted by molar-refractivity contribution is 7.99. The summed E-state index contributed by atoms with van der Waals surface area (Å²) in [6.45, 7) is 0. The van der Waals surface area contributed by atoms with Crippen molar-refractivity contribution >= 4 is 29.0 Å². The van der Waals surface area contributed by atoms with Gasteiger partial charge >= 0.3 is 0 Å². The molecule has 0 aliphatic carbocycles. The van der Waals surface area contributed by atoms with Crippen LogP contribution in [0, 0.1) is 0 Å². The number of aromatic nitrogens is 3. The highest BCUT2D eigenvalue weighted by atomic mass is 32.2. The number of carbonyl (C=O) groups is 1. The third kappa shape index (κ3) is 3.09. The van der Waals surface area contributed by atoms with Crippen molar-refractivity contribution in [3.05, 3.63) is 28.2 Å². The first-order valence-electron chi connectivity index (χ1n) is 5.22.